The van der Waals surface area contributed by atoms with E-state index in [0.717, 1.165) is 0 Å². The minimum atomic E-state index is -2.95. The molecule has 0 atom stereocenters. The lowest BCUT2D eigenvalue weighted by molar-refractivity contribution is 0.629. The van der Waals surface area contributed by atoms with E-state index in [1.165, 1.54) is 36.4 Å². The first-order valence-electron chi connectivity index (χ1n) is 9.04. The molecule has 0 amide bonds. The third-order valence-electron chi connectivity index (χ3n) is 4.57. The van der Waals surface area contributed by atoms with Gasteiger partial charge >= 0.3 is 0 Å². The second-order valence-corrected chi connectivity index (χ2v) is 9.53. The lowest BCUT2D eigenvalue weighted by Gasteiger charge is -2.27. The molecule has 0 spiro atoms. The first-order chi connectivity index (χ1) is 14.1. The van der Waals surface area contributed by atoms with Crippen LogP contribution >= 0.6 is 7.05 Å². The van der Waals surface area contributed by atoms with Crippen LogP contribution in [0.2, 0.25) is 0 Å². The highest BCUT2D eigenvalue weighted by Gasteiger charge is 2.29. The maximum Gasteiger partial charge on any atom is 0.123 e. The summed E-state index contributed by atoms with van der Waals surface area (Å²) in [6, 6.07) is 27.5. The SMILES string of the molecule is Fc1cccc(P(=Nc2ccccc2)(c2cccc(F)c2)c2cccc(F)c2)c1. The summed E-state index contributed by atoms with van der Waals surface area (Å²) in [5, 5.41) is 1.74. The average molecular weight is 407 g/mol. The quantitative estimate of drug-likeness (QED) is 0.373. The van der Waals surface area contributed by atoms with Crippen LogP contribution in [0, 0.1) is 17.5 Å². The second kappa shape index (κ2) is 8.10. The maximum atomic E-state index is 14.3. The summed E-state index contributed by atoms with van der Waals surface area (Å²) < 4.78 is 47.8. The fraction of sp³-hybridized carbons (Fsp3) is 0. The zero-order valence-corrected chi connectivity index (χ0v) is 16.2. The Hall–Kier alpha value is -3.10. The predicted octanol–water partition coefficient (Wildman–Crippen LogP) is 5.91. The molecule has 4 rings (SSSR count). The Balaban J connectivity index is 2.18. The molecule has 0 saturated heterocycles. The monoisotopic (exact) mass is 407 g/mol. The summed E-state index contributed by atoms with van der Waals surface area (Å²) in [6.45, 7) is 0. The van der Waals surface area contributed by atoms with Crippen LogP contribution < -0.4 is 15.9 Å². The van der Waals surface area contributed by atoms with E-state index in [1.54, 1.807) is 36.4 Å². The van der Waals surface area contributed by atoms with Crippen molar-refractivity contribution in [2.45, 2.75) is 0 Å². The zero-order chi connectivity index (χ0) is 20.3. The molecule has 0 heterocycles. The van der Waals surface area contributed by atoms with Gasteiger partial charge in [-0.25, -0.2) is 13.2 Å². The van der Waals surface area contributed by atoms with Crippen LogP contribution in [0.3, 0.4) is 0 Å². The number of halogens is 3. The minimum absolute atomic E-state index is 0.428. The Morgan fingerprint density at radius 2 is 0.897 bits per heavy atom. The Bertz CT molecular complexity index is 1090. The molecule has 0 aliphatic rings. The number of nitrogens with zero attached hydrogens (tertiary/aromatic N) is 1. The molecule has 0 fully saturated rings. The van der Waals surface area contributed by atoms with Crippen molar-refractivity contribution in [3.63, 3.8) is 0 Å². The summed E-state index contributed by atoms with van der Waals surface area (Å²) in [4.78, 5) is 0. The Morgan fingerprint density at radius 1 is 0.483 bits per heavy atom. The molecule has 0 radical (unpaired) electrons. The lowest BCUT2D eigenvalue weighted by Crippen LogP contribution is -2.26. The molecule has 0 N–H and O–H groups in total. The van der Waals surface area contributed by atoms with Gasteiger partial charge in [-0.05, 0) is 48.5 Å². The first kappa shape index (κ1) is 19.2. The van der Waals surface area contributed by atoms with E-state index in [-0.39, 0.29) is 0 Å². The zero-order valence-electron chi connectivity index (χ0n) is 15.3. The fourth-order valence-corrected chi connectivity index (χ4v) is 6.88. The highest BCUT2D eigenvalue weighted by molar-refractivity contribution is 7.87. The molecule has 4 aromatic carbocycles. The molecule has 1 nitrogen and oxygen atoms in total. The molecule has 0 aliphatic carbocycles. The Kier molecular flexibility index (Phi) is 5.37. The Labute approximate surface area is 167 Å². The molecular weight excluding hydrogens is 390 g/mol. The lowest BCUT2D eigenvalue weighted by atomic mass is 10.3. The largest absolute Gasteiger partial charge is 0.254 e. The van der Waals surface area contributed by atoms with Gasteiger partial charge in [0.25, 0.3) is 0 Å². The van der Waals surface area contributed by atoms with Crippen molar-refractivity contribution in [2.75, 3.05) is 0 Å². The van der Waals surface area contributed by atoms with E-state index in [4.69, 9.17) is 4.74 Å². The molecule has 0 bridgehead atoms. The highest BCUT2D eigenvalue weighted by Crippen LogP contribution is 2.49. The van der Waals surface area contributed by atoms with E-state index in [9.17, 15) is 13.2 Å². The average Bonchev–Trinajstić information content (AvgIpc) is 2.73. The molecule has 0 aliphatic heterocycles. The Morgan fingerprint density at radius 3 is 1.28 bits per heavy atom. The van der Waals surface area contributed by atoms with Gasteiger partial charge in [0.15, 0.2) is 0 Å². The molecule has 0 aromatic heterocycles. The van der Waals surface area contributed by atoms with Gasteiger partial charge in [-0.1, -0.05) is 54.6 Å². The van der Waals surface area contributed by atoms with Crippen molar-refractivity contribution >= 4 is 28.7 Å². The molecular formula is C24H17F3NP. The van der Waals surface area contributed by atoms with Gasteiger partial charge in [0.05, 0.1) is 12.7 Å². The third kappa shape index (κ3) is 3.90. The van der Waals surface area contributed by atoms with E-state index in [0.29, 0.717) is 21.6 Å². The van der Waals surface area contributed by atoms with E-state index in [2.05, 4.69) is 0 Å². The van der Waals surface area contributed by atoms with Gasteiger partial charge in [-0.3, -0.25) is 4.74 Å². The van der Waals surface area contributed by atoms with E-state index >= 15 is 0 Å². The second-order valence-electron chi connectivity index (χ2n) is 6.51. The number of benzene rings is 4. The molecule has 5 heteroatoms. The van der Waals surface area contributed by atoms with Gasteiger partial charge in [0.2, 0.25) is 0 Å². The van der Waals surface area contributed by atoms with Crippen LogP contribution in [0.25, 0.3) is 0 Å². The highest BCUT2D eigenvalue weighted by atomic mass is 31.2. The number of hydrogen-bond acceptors (Lipinski definition) is 1. The summed E-state index contributed by atoms with van der Waals surface area (Å²) in [6.07, 6.45) is 0. The summed E-state index contributed by atoms with van der Waals surface area (Å²) in [7, 11) is -2.95. The van der Waals surface area contributed by atoms with Crippen molar-refractivity contribution in [1.82, 2.24) is 0 Å². The van der Waals surface area contributed by atoms with E-state index < -0.39 is 24.5 Å². The molecule has 29 heavy (non-hydrogen) atoms. The molecule has 4 aromatic rings. The van der Waals surface area contributed by atoms with Gasteiger partial charge in [0.1, 0.15) is 17.5 Å². The third-order valence-corrected chi connectivity index (χ3v) is 8.17. The van der Waals surface area contributed by atoms with Crippen molar-refractivity contribution in [3.05, 3.63) is 121 Å². The minimum Gasteiger partial charge on any atom is -0.254 e. The normalized spacial score (nSPS) is 11.3. The van der Waals surface area contributed by atoms with Gasteiger partial charge in [-0.15, -0.1) is 0 Å². The molecule has 0 unspecified atom stereocenters. The van der Waals surface area contributed by atoms with Crippen LogP contribution in [-0.4, -0.2) is 0 Å². The maximum absolute atomic E-state index is 14.3. The summed E-state index contributed by atoms with van der Waals surface area (Å²) in [5.74, 6) is -1.28. The van der Waals surface area contributed by atoms with Crippen molar-refractivity contribution in [2.24, 2.45) is 4.74 Å². The van der Waals surface area contributed by atoms with Crippen LogP contribution in [0.4, 0.5) is 18.9 Å². The topological polar surface area (TPSA) is 12.4 Å². The summed E-state index contributed by atoms with van der Waals surface area (Å²) >= 11 is 0. The van der Waals surface area contributed by atoms with Gasteiger partial charge in [-0.2, -0.15) is 0 Å². The standard InChI is InChI=1S/C24H17F3NP/c25-18-7-4-12-22(15-18)29(23-13-5-8-19(26)16-23,24-14-6-9-20(27)17-24)28-21-10-2-1-3-11-21/h1-17H. The summed E-state index contributed by atoms with van der Waals surface area (Å²) in [5.41, 5.74) is 0.651. The van der Waals surface area contributed by atoms with E-state index in [1.807, 2.05) is 30.3 Å². The van der Waals surface area contributed by atoms with Gasteiger partial charge < -0.3 is 0 Å². The first-order valence-corrected chi connectivity index (χ1v) is 10.8. The van der Waals surface area contributed by atoms with Crippen LogP contribution in [-0.2, 0) is 0 Å². The smallest absolute Gasteiger partial charge is 0.123 e. The number of rotatable bonds is 4. The molecule has 0 saturated carbocycles. The molecule has 144 valence electrons. The van der Waals surface area contributed by atoms with Crippen LogP contribution in [0.15, 0.2) is 108 Å². The van der Waals surface area contributed by atoms with Crippen molar-refractivity contribution < 1.29 is 13.2 Å². The van der Waals surface area contributed by atoms with Crippen LogP contribution in [0.5, 0.6) is 0 Å². The fourth-order valence-electron chi connectivity index (χ4n) is 3.32. The van der Waals surface area contributed by atoms with Crippen molar-refractivity contribution in [1.29, 1.82) is 0 Å². The van der Waals surface area contributed by atoms with Gasteiger partial charge in [0, 0.05) is 15.9 Å². The number of hydrogen-bond donors (Lipinski definition) is 0. The van der Waals surface area contributed by atoms with Crippen LogP contribution in [0.1, 0.15) is 0 Å². The predicted molar refractivity (Wildman–Crippen MR) is 114 cm³/mol. The van der Waals surface area contributed by atoms with Crippen molar-refractivity contribution in [3.8, 4) is 0 Å².